The van der Waals surface area contributed by atoms with Crippen LogP contribution in [0.25, 0.3) is 54.6 Å². The van der Waals surface area contributed by atoms with Gasteiger partial charge >= 0.3 is 11.3 Å². The van der Waals surface area contributed by atoms with Crippen molar-refractivity contribution in [1.82, 2.24) is 0 Å². The smallest absolute Gasteiger partial charge is 0.345 e. The summed E-state index contributed by atoms with van der Waals surface area (Å²) in [5, 5.41) is 3.75. The Morgan fingerprint density at radius 3 is 1.89 bits per heavy atom. The van der Waals surface area contributed by atoms with Crippen molar-refractivity contribution in [1.29, 1.82) is 0 Å². The van der Waals surface area contributed by atoms with E-state index in [1.54, 1.807) is 6.07 Å². The van der Waals surface area contributed by atoms with Crippen molar-refractivity contribution >= 4 is 43.5 Å². The number of para-hydroxylation sites is 1. The van der Waals surface area contributed by atoms with Crippen LogP contribution in [0, 0.1) is 6.92 Å². The van der Waals surface area contributed by atoms with Crippen molar-refractivity contribution in [3.63, 3.8) is 0 Å². The summed E-state index contributed by atoms with van der Waals surface area (Å²) in [7, 11) is 0. The molecular weight excluding hydrogens is 472 g/mol. The zero-order chi connectivity index (χ0) is 25.3. The van der Waals surface area contributed by atoms with E-state index in [2.05, 4.69) is 60.7 Å². The molecule has 4 heteroatoms. The largest absolute Gasteiger partial charge is 0.422 e. The minimum Gasteiger partial charge on any atom is -0.422 e. The predicted octanol–water partition coefficient (Wildman–Crippen LogP) is 7.19. The molecule has 9 rings (SSSR count). The summed E-state index contributed by atoms with van der Waals surface area (Å²) in [6.45, 7) is 2.03. The van der Waals surface area contributed by atoms with Gasteiger partial charge in [-0.15, -0.1) is 0 Å². The van der Waals surface area contributed by atoms with Crippen molar-refractivity contribution < 1.29 is 8.83 Å². The molecule has 0 aliphatic heterocycles. The molecule has 0 N–H and O–H groups in total. The summed E-state index contributed by atoms with van der Waals surface area (Å²) >= 11 is 0. The first kappa shape index (κ1) is 20.1. The molecule has 2 aromatic heterocycles. The maximum Gasteiger partial charge on any atom is 0.345 e. The first-order valence-corrected chi connectivity index (χ1v) is 12.7. The Hall–Kier alpha value is -4.96. The fourth-order valence-corrected chi connectivity index (χ4v) is 7.29. The van der Waals surface area contributed by atoms with Gasteiger partial charge in [0.25, 0.3) is 0 Å². The van der Waals surface area contributed by atoms with E-state index in [0.717, 1.165) is 32.8 Å². The zero-order valence-electron chi connectivity index (χ0n) is 20.3. The maximum atomic E-state index is 13.7. The highest BCUT2D eigenvalue weighted by Gasteiger charge is 2.51. The second-order valence-corrected chi connectivity index (χ2v) is 10.4. The standard InChI is InChI=1S/C34H18O4/c1-17-14-24-29-27(15-17)38-33(36)31-28-21(20-10-4-7-13-26(20)37-32(28)35)16-25(30(29)31)34(24)22-11-5-2-8-18(22)19-9-3-6-12-23(19)34/h2-16H,1H3. The van der Waals surface area contributed by atoms with Crippen molar-refractivity contribution in [2.45, 2.75) is 12.3 Å². The Morgan fingerprint density at radius 1 is 0.526 bits per heavy atom. The number of rotatable bonds is 0. The number of fused-ring (bicyclic) bond motifs is 11. The van der Waals surface area contributed by atoms with Crippen LogP contribution >= 0.6 is 0 Å². The Labute approximate surface area is 215 Å². The fourth-order valence-electron chi connectivity index (χ4n) is 7.29. The van der Waals surface area contributed by atoms with Gasteiger partial charge in [0.1, 0.15) is 11.2 Å². The van der Waals surface area contributed by atoms with Gasteiger partial charge in [-0.25, -0.2) is 9.59 Å². The van der Waals surface area contributed by atoms with E-state index in [4.69, 9.17) is 8.83 Å². The van der Waals surface area contributed by atoms with Gasteiger partial charge in [-0.05, 0) is 64.1 Å². The van der Waals surface area contributed by atoms with Crippen LogP contribution in [0.2, 0.25) is 0 Å². The van der Waals surface area contributed by atoms with Gasteiger partial charge in [-0.3, -0.25) is 0 Å². The topological polar surface area (TPSA) is 60.4 Å². The molecule has 5 aromatic carbocycles. The second-order valence-electron chi connectivity index (χ2n) is 10.4. The number of hydrogen-bond donors (Lipinski definition) is 0. The van der Waals surface area contributed by atoms with Crippen LogP contribution in [-0.2, 0) is 5.41 Å². The van der Waals surface area contributed by atoms with Crippen LogP contribution in [0.1, 0.15) is 27.8 Å². The Bertz CT molecular complexity index is 2310. The monoisotopic (exact) mass is 490 g/mol. The van der Waals surface area contributed by atoms with Gasteiger partial charge < -0.3 is 8.83 Å². The Balaban J connectivity index is 1.65. The molecule has 0 atom stereocenters. The first-order valence-electron chi connectivity index (χ1n) is 12.7. The molecule has 2 aliphatic rings. The quantitative estimate of drug-likeness (QED) is 0.167. The van der Waals surface area contributed by atoms with Crippen LogP contribution in [-0.4, -0.2) is 0 Å². The molecule has 2 heterocycles. The molecule has 0 radical (unpaired) electrons. The molecule has 0 saturated carbocycles. The molecule has 0 unspecified atom stereocenters. The van der Waals surface area contributed by atoms with Gasteiger partial charge in [0, 0.05) is 21.5 Å². The number of benzene rings is 5. The summed E-state index contributed by atoms with van der Waals surface area (Å²) < 4.78 is 11.7. The van der Waals surface area contributed by atoms with Crippen LogP contribution in [0.15, 0.2) is 109 Å². The fraction of sp³-hybridized carbons (Fsp3) is 0.0588. The molecule has 2 aliphatic carbocycles. The highest BCUT2D eigenvalue weighted by molar-refractivity contribution is 6.25. The van der Waals surface area contributed by atoms with E-state index in [9.17, 15) is 9.59 Å². The van der Waals surface area contributed by atoms with Crippen molar-refractivity contribution in [3.8, 4) is 11.1 Å². The third kappa shape index (κ3) is 2.08. The normalized spacial score (nSPS) is 14.3. The van der Waals surface area contributed by atoms with E-state index in [1.807, 2.05) is 31.2 Å². The Kier molecular flexibility index (Phi) is 3.43. The van der Waals surface area contributed by atoms with Gasteiger partial charge in [-0.1, -0.05) is 72.8 Å². The summed E-state index contributed by atoms with van der Waals surface area (Å²) in [6, 6.07) is 30.8. The lowest BCUT2D eigenvalue weighted by Gasteiger charge is -2.31. The molecule has 4 nitrogen and oxygen atoms in total. The lowest BCUT2D eigenvalue weighted by molar-refractivity contribution is 0.564. The molecule has 38 heavy (non-hydrogen) atoms. The molecule has 0 bridgehead atoms. The maximum absolute atomic E-state index is 13.7. The molecule has 1 spiro atoms. The second kappa shape index (κ2) is 6.48. The van der Waals surface area contributed by atoms with Gasteiger partial charge in [0.2, 0.25) is 0 Å². The molecule has 0 amide bonds. The molecule has 7 aromatic rings. The van der Waals surface area contributed by atoms with Crippen molar-refractivity contribution in [2.24, 2.45) is 0 Å². The summed E-state index contributed by atoms with van der Waals surface area (Å²) in [5.41, 5.74) is 7.14. The lowest BCUT2D eigenvalue weighted by atomic mass is 9.69. The van der Waals surface area contributed by atoms with Crippen LogP contribution < -0.4 is 11.3 Å². The zero-order valence-corrected chi connectivity index (χ0v) is 20.3. The van der Waals surface area contributed by atoms with E-state index in [-0.39, 0.29) is 5.39 Å². The average Bonchev–Trinajstić information content (AvgIpc) is 3.39. The van der Waals surface area contributed by atoms with Crippen molar-refractivity contribution in [2.75, 3.05) is 0 Å². The van der Waals surface area contributed by atoms with E-state index in [1.165, 1.54) is 22.3 Å². The Morgan fingerprint density at radius 2 is 1.13 bits per heavy atom. The van der Waals surface area contributed by atoms with Gasteiger partial charge in [-0.2, -0.15) is 0 Å². The first-order chi connectivity index (χ1) is 18.6. The average molecular weight is 491 g/mol. The van der Waals surface area contributed by atoms with Crippen molar-refractivity contribution in [3.05, 3.63) is 140 Å². The summed E-state index contributed by atoms with van der Waals surface area (Å²) in [4.78, 5) is 27.2. The molecule has 0 saturated heterocycles. The summed E-state index contributed by atoms with van der Waals surface area (Å²) in [5.74, 6) is 0. The third-order valence-electron chi connectivity index (χ3n) is 8.57. The highest BCUT2D eigenvalue weighted by Crippen LogP contribution is 2.62. The molecular formula is C34H18O4. The predicted molar refractivity (Wildman–Crippen MR) is 149 cm³/mol. The minimum absolute atomic E-state index is 0.279. The lowest BCUT2D eigenvalue weighted by Crippen LogP contribution is -2.26. The van der Waals surface area contributed by atoms with Gasteiger partial charge in [0.15, 0.2) is 0 Å². The highest BCUT2D eigenvalue weighted by atomic mass is 16.4. The number of aryl methyl sites for hydroxylation is 1. The van der Waals surface area contributed by atoms with Crippen LogP contribution in [0.4, 0.5) is 0 Å². The molecule has 178 valence electrons. The molecule has 0 fully saturated rings. The van der Waals surface area contributed by atoms with Crippen LogP contribution in [0.5, 0.6) is 0 Å². The van der Waals surface area contributed by atoms with E-state index in [0.29, 0.717) is 21.9 Å². The van der Waals surface area contributed by atoms with Gasteiger partial charge in [0.05, 0.1) is 16.2 Å². The van der Waals surface area contributed by atoms with E-state index < -0.39 is 16.7 Å². The SMILES string of the molecule is Cc1cc2c3c(c1)oc(=O)c1c3c(cc3c4ccccc4oc(=O)c31)C21c2ccccc2-c2ccccc21. The summed E-state index contributed by atoms with van der Waals surface area (Å²) in [6.07, 6.45) is 0. The van der Waals surface area contributed by atoms with E-state index >= 15 is 0 Å². The third-order valence-corrected chi connectivity index (χ3v) is 8.57. The number of hydrogen-bond acceptors (Lipinski definition) is 4. The van der Waals surface area contributed by atoms with Crippen LogP contribution in [0.3, 0.4) is 0 Å². The minimum atomic E-state index is -0.646.